The van der Waals surface area contributed by atoms with E-state index in [4.69, 9.17) is 0 Å². The van der Waals surface area contributed by atoms with Crippen molar-refractivity contribution in [1.29, 1.82) is 0 Å². The number of aromatic nitrogens is 2. The number of rotatable bonds is 4. The van der Waals surface area contributed by atoms with Gasteiger partial charge in [0.2, 0.25) is 0 Å². The van der Waals surface area contributed by atoms with E-state index in [2.05, 4.69) is 15.3 Å². The van der Waals surface area contributed by atoms with Crippen LogP contribution >= 0.6 is 0 Å². The lowest BCUT2D eigenvalue weighted by Crippen LogP contribution is -2.02. The molecule has 0 unspecified atom stereocenters. The van der Waals surface area contributed by atoms with Crippen molar-refractivity contribution in [3.63, 3.8) is 0 Å². The molecule has 0 radical (unpaired) electrons. The van der Waals surface area contributed by atoms with Gasteiger partial charge in [-0.3, -0.25) is 0 Å². The standard InChI is InChI=1S/C11H17N3/c1-8-7-11(12-2)14-10(13-8)6-5-9-3-4-9/h7,9H,3-6H2,1-2H3,(H,12,13,14). The third-order valence-corrected chi connectivity index (χ3v) is 2.63. The number of hydrogen-bond acceptors (Lipinski definition) is 3. The van der Waals surface area contributed by atoms with Crippen molar-refractivity contribution in [3.05, 3.63) is 17.6 Å². The normalized spacial score (nSPS) is 15.6. The highest BCUT2D eigenvalue weighted by atomic mass is 15.0. The van der Waals surface area contributed by atoms with E-state index in [1.165, 1.54) is 19.3 Å². The van der Waals surface area contributed by atoms with Gasteiger partial charge in [0.15, 0.2) is 0 Å². The van der Waals surface area contributed by atoms with Gasteiger partial charge in [-0.05, 0) is 19.3 Å². The summed E-state index contributed by atoms with van der Waals surface area (Å²) >= 11 is 0. The lowest BCUT2D eigenvalue weighted by Gasteiger charge is -2.04. The molecular formula is C11H17N3. The SMILES string of the molecule is CNc1cc(C)nc(CCC2CC2)n1. The fourth-order valence-corrected chi connectivity index (χ4v) is 1.61. The van der Waals surface area contributed by atoms with Crippen molar-refractivity contribution >= 4 is 5.82 Å². The van der Waals surface area contributed by atoms with Gasteiger partial charge in [0.1, 0.15) is 11.6 Å². The van der Waals surface area contributed by atoms with E-state index in [9.17, 15) is 0 Å². The maximum Gasteiger partial charge on any atom is 0.130 e. The van der Waals surface area contributed by atoms with Crippen LogP contribution in [0.5, 0.6) is 0 Å². The van der Waals surface area contributed by atoms with Crippen LogP contribution in [0.2, 0.25) is 0 Å². The number of aryl methyl sites for hydroxylation is 2. The predicted octanol–water partition coefficient (Wildman–Crippen LogP) is 2.17. The van der Waals surface area contributed by atoms with Crippen LogP contribution in [0.1, 0.15) is 30.8 Å². The molecule has 1 N–H and O–H groups in total. The Morgan fingerprint density at radius 3 is 2.86 bits per heavy atom. The van der Waals surface area contributed by atoms with E-state index in [-0.39, 0.29) is 0 Å². The molecule has 1 aliphatic rings. The number of anilines is 1. The Morgan fingerprint density at radius 2 is 2.21 bits per heavy atom. The molecule has 1 fully saturated rings. The lowest BCUT2D eigenvalue weighted by molar-refractivity contribution is 0.695. The minimum atomic E-state index is 0.934. The number of hydrogen-bond donors (Lipinski definition) is 1. The molecule has 3 heteroatoms. The van der Waals surface area contributed by atoms with Gasteiger partial charge in [0.25, 0.3) is 0 Å². The second kappa shape index (κ2) is 3.95. The number of nitrogens with one attached hydrogen (secondary N) is 1. The summed E-state index contributed by atoms with van der Waals surface area (Å²) in [6.07, 6.45) is 5.10. The summed E-state index contributed by atoms with van der Waals surface area (Å²) in [6, 6.07) is 1.97. The largest absolute Gasteiger partial charge is 0.373 e. The molecule has 1 aliphatic carbocycles. The zero-order valence-corrected chi connectivity index (χ0v) is 8.88. The molecule has 0 amide bonds. The summed E-state index contributed by atoms with van der Waals surface area (Å²) in [4.78, 5) is 8.86. The van der Waals surface area contributed by atoms with Crippen molar-refractivity contribution in [2.24, 2.45) is 5.92 Å². The van der Waals surface area contributed by atoms with E-state index in [0.29, 0.717) is 0 Å². The maximum absolute atomic E-state index is 4.43. The average molecular weight is 191 g/mol. The van der Waals surface area contributed by atoms with Crippen LogP contribution in [0.3, 0.4) is 0 Å². The Morgan fingerprint density at radius 1 is 1.43 bits per heavy atom. The van der Waals surface area contributed by atoms with Gasteiger partial charge in [0.05, 0.1) is 0 Å². The molecule has 0 atom stereocenters. The third kappa shape index (κ3) is 2.44. The molecule has 0 spiro atoms. The van der Waals surface area contributed by atoms with Crippen molar-refractivity contribution in [2.75, 3.05) is 12.4 Å². The topological polar surface area (TPSA) is 37.8 Å². The first kappa shape index (κ1) is 9.44. The summed E-state index contributed by atoms with van der Waals surface area (Å²) in [6.45, 7) is 2.02. The van der Waals surface area contributed by atoms with E-state index < -0.39 is 0 Å². The van der Waals surface area contributed by atoms with Crippen LogP contribution in [-0.4, -0.2) is 17.0 Å². The van der Waals surface area contributed by atoms with Gasteiger partial charge < -0.3 is 5.32 Å². The van der Waals surface area contributed by atoms with Crippen molar-refractivity contribution < 1.29 is 0 Å². The Labute approximate surface area is 85.0 Å². The Balaban J connectivity index is 2.03. The highest BCUT2D eigenvalue weighted by Crippen LogP contribution is 2.33. The molecule has 0 aromatic carbocycles. The molecule has 3 nitrogen and oxygen atoms in total. The Hall–Kier alpha value is -1.12. The first-order chi connectivity index (χ1) is 6.78. The van der Waals surface area contributed by atoms with Crippen LogP contribution in [0.15, 0.2) is 6.07 Å². The van der Waals surface area contributed by atoms with Gasteiger partial charge >= 0.3 is 0 Å². The second-order valence-electron chi connectivity index (χ2n) is 4.04. The first-order valence-electron chi connectivity index (χ1n) is 5.30. The molecule has 1 saturated carbocycles. The maximum atomic E-state index is 4.43. The molecule has 1 aromatic rings. The smallest absolute Gasteiger partial charge is 0.130 e. The molecule has 0 bridgehead atoms. The van der Waals surface area contributed by atoms with Crippen LogP contribution in [0.4, 0.5) is 5.82 Å². The van der Waals surface area contributed by atoms with Gasteiger partial charge in [-0.15, -0.1) is 0 Å². The van der Waals surface area contributed by atoms with E-state index >= 15 is 0 Å². The van der Waals surface area contributed by atoms with Gasteiger partial charge in [-0.25, -0.2) is 9.97 Å². The summed E-state index contributed by atoms with van der Waals surface area (Å²) in [7, 11) is 1.90. The molecule has 0 aliphatic heterocycles. The lowest BCUT2D eigenvalue weighted by atomic mass is 10.2. The molecule has 76 valence electrons. The van der Waals surface area contributed by atoms with Gasteiger partial charge in [-0.2, -0.15) is 0 Å². The van der Waals surface area contributed by atoms with Gasteiger partial charge in [-0.1, -0.05) is 12.8 Å². The second-order valence-corrected chi connectivity index (χ2v) is 4.04. The third-order valence-electron chi connectivity index (χ3n) is 2.63. The summed E-state index contributed by atoms with van der Waals surface area (Å²) in [5.74, 6) is 2.88. The van der Waals surface area contributed by atoms with E-state index in [0.717, 1.165) is 29.7 Å². The molecule has 1 aromatic heterocycles. The average Bonchev–Trinajstić information content (AvgIpc) is 2.97. The molecule has 14 heavy (non-hydrogen) atoms. The summed E-state index contributed by atoms with van der Waals surface area (Å²) in [5, 5.41) is 3.06. The van der Waals surface area contributed by atoms with Crippen LogP contribution < -0.4 is 5.32 Å². The molecule has 1 heterocycles. The Kier molecular flexibility index (Phi) is 2.66. The zero-order chi connectivity index (χ0) is 9.97. The summed E-state index contributed by atoms with van der Waals surface area (Å²) in [5.41, 5.74) is 1.05. The van der Waals surface area contributed by atoms with Crippen molar-refractivity contribution in [2.45, 2.75) is 32.6 Å². The van der Waals surface area contributed by atoms with Crippen molar-refractivity contribution in [3.8, 4) is 0 Å². The predicted molar refractivity (Wildman–Crippen MR) is 57.4 cm³/mol. The summed E-state index contributed by atoms with van der Waals surface area (Å²) < 4.78 is 0. The van der Waals surface area contributed by atoms with E-state index in [1.54, 1.807) is 0 Å². The van der Waals surface area contributed by atoms with Crippen molar-refractivity contribution in [1.82, 2.24) is 9.97 Å². The van der Waals surface area contributed by atoms with E-state index in [1.807, 2.05) is 20.0 Å². The van der Waals surface area contributed by atoms with Crippen LogP contribution in [-0.2, 0) is 6.42 Å². The number of nitrogens with zero attached hydrogens (tertiary/aromatic N) is 2. The monoisotopic (exact) mass is 191 g/mol. The molecular weight excluding hydrogens is 174 g/mol. The zero-order valence-electron chi connectivity index (χ0n) is 8.88. The molecule has 0 saturated heterocycles. The Bertz CT molecular complexity index is 318. The fourth-order valence-electron chi connectivity index (χ4n) is 1.61. The fraction of sp³-hybridized carbons (Fsp3) is 0.636. The first-order valence-corrected chi connectivity index (χ1v) is 5.30. The minimum absolute atomic E-state index is 0.934. The van der Waals surface area contributed by atoms with Crippen LogP contribution in [0, 0.1) is 12.8 Å². The van der Waals surface area contributed by atoms with Crippen LogP contribution in [0.25, 0.3) is 0 Å². The quantitative estimate of drug-likeness (QED) is 0.792. The molecule has 2 rings (SSSR count). The van der Waals surface area contributed by atoms with Gasteiger partial charge in [0, 0.05) is 25.2 Å². The highest BCUT2D eigenvalue weighted by molar-refractivity contribution is 5.34. The highest BCUT2D eigenvalue weighted by Gasteiger charge is 2.21. The minimum Gasteiger partial charge on any atom is -0.373 e.